The van der Waals surface area contributed by atoms with Crippen LogP contribution in [0.2, 0.25) is 0 Å². The SMILES string of the molecule is COc1nccc2cc(NC(=O)N3CCN(C[C@H](C)O)CC3)ccc12. The number of amides is 2. The van der Waals surface area contributed by atoms with Crippen LogP contribution in [0.4, 0.5) is 10.5 Å². The van der Waals surface area contributed by atoms with Crippen LogP contribution in [-0.2, 0) is 0 Å². The zero-order valence-electron chi connectivity index (χ0n) is 14.6. The fourth-order valence-corrected chi connectivity index (χ4v) is 3.10. The Labute approximate surface area is 147 Å². The molecule has 7 nitrogen and oxygen atoms in total. The number of benzene rings is 1. The average molecular weight is 344 g/mol. The second-order valence-electron chi connectivity index (χ2n) is 6.32. The summed E-state index contributed by atoms with van der Waals surface area (Å²) < 4.78 is 5.25. The Morgan fingerprint density at radius 2 is 2.08 bits per heavy atom. The Morgan fingerprint density at radius 1 is 1.32 bits per heavy atom. The molecule has 1 fully saturated rings. The number of fused-ring (bicyclic) bond motifs is 1. The first-order chi connectivity index (χ1) is 12.1. The Hall–Kier alpha value is -2.38. The lowest BCUT2D eigenvalue weighted by molar-refractivity contribution is 0.0924. The van der Waals surface area contributed by atoms with E-state index < -0.39 is 0 Å². The molecule has 1 aromatic carbocycles. The van der Waals surface area contributed by atoms with Crippen molar-refractivity contribution in [3.05, 3.63) is 30.5 Å². The fourth-order valence-electron chi connectivity index (χ4n) is 3.10. The number of aliphatic hydroxyl groups excluding tert-OH is 1. The number of carbonyl (C=O) groups is 1. The lowest BCUT2D eigenvalue weighted by atomic mass is 10.1. The summed E-state index contributed by atoms with van der Waals surface area (Å²) in [6.45, 7) is 5.30. The topological polar surface area (TPSA) is 77.9 Å². The summed E-state index contributed by atoms with van der Waals surface area (Å²) in [6, 6.07) is 7.46. The number of nitrogens with zero attached hydrogens (tertiary/aromatic N) is 3. The lowest BCUT2D eigenvalue weighted by Gasteiger charge is -2.35. The van der Waals surface area contributed by atoms with Crippen molar-refractivity contribution in [2.24, 2.45) is 0 Å². The van der Waals surface area contributed by atoms with E-state index in [1.165, 1.54) is 0 Å². The third-order valence-electron chi connectivity index (χ3n) is 4.35. The molecule has 2 heterocycles. The molecule has 134 valence electrons. The Balaban J connectivity index is 1.63. The number of nitrogens with one attached hydrogen (secondary N) is 1. The monoisotopic (exact) mass is 344 g/mol. The van der Waals surface area contributed by atoms with Gasteiger partial charge in [0.25, 0.3) is 0 Å². The first-order valence-electron chi connectivity index (χ1n) is 8.46. The van der Waals surface area contributed by atoms with Gasteiger partial charge in [0.05, 0.1) is 13.2 Å². The van der Waals surface area contributed by atoms with E-state index in [0.29, 0.717) is 25.5 Å². The van der Waals surface area contributed by atoms with Crippen molar-refractivity contribution in [3.63, 3.8) is 0 Å². The molecule has 25 heavy (non-hydrogen) atoms. The maximum Gasteiger partial charge on any atom is 0.321 e. The minimum absolute atomic E-state index is 0.0999. The van der Waals surface area contributed by atoms with E-state index in [1.807, 2.05) is 24.3 Å². The Bertz CT molecular complexity index is 742. The van der Waals surface area contributed by atoms with Gasteiger partial charge in [-0.3, -0.25) is 4.90 Å². The molecule has 0 bridgehead atoms. The largest absolute Gasteiger partial charge is 0.481 e. The van der Waals surface area contributed by atoms with Gasteiger partial charge >= 0.3 is 6.03 Å². The number of urea groups is 1. The minimum atomic E-state index is -0.343. The third-order valence-corrected chi connectivity index (χ3v) is 4.35. The number of anilines is 1. The smallest absolute Gasteiger partial charge is 0.321 e. The zero-order valence-corrected chi connectivity index (χ0v) is 14.6. The van der Waals surface area contributed by atoms with E-state index in [1.54, 1.807) is 25.1 Å². The second kappa shape index (κ2) is 7.67. The van der Waals surface area contributed by atoms with Crippen LogP contribution < -0.4 is 10.1 Å². The molecule has 0 unspecified atom stereocenters. The first-order valence-corrected chi connectivity index (χ1v) is 8.46. The Kier molecular flexibility index (Phi) is 5.35. The molecule has 1 aliphatic rings. The van der Waals surface area contributed by atoms with Crippen molar-refractivity contribution in [1.29, 1.82) is 0 Å². The summed E-state index contributed by atoms with van der Waals surface area (Å²) in [5.41, 5.74) is 0.747. The number of methoxy groups -OCH3 is 1. The van der Waals surface area contributed by atoms with Gasteiger partial charge in [-0.2, -0.15) is 0 Å². The second-order valence-corrected chi connectivity index (χ2v) is 6.32. The number of ether oxygens (including phenoxy) is 1. The molecule has 2 N–H and O–H groups in total. The van der Waals surface area contributed by atoms with Crippen molar-refractivity contribution in [1.82, 2.24) is 14.8 Å². The van der Waals surface area contributed by atoms with E-state index in [2.05, 4.69) is 15.2 Å². The highest BCUT2D eigenvalue weighted by molar-refractivity contribution is 5.94. The molecule has 0 radical (unpaired) electrons. The van der Waals surface area contributed by atoms with Gasteiger partial charge < -0.3 is 20.1 Å². The molecular formula is C18H24N4O3. The Morgan fingerprint density at radius 3 is 2.76 bits per heavy atom. The molecule has 7 heteroatoms. The van der Waals surface area contributed by atoms with Crippen LogP contribution in [0.5, 0.6) is 5.88 Å². The predicted molar refractivity (Wildman–Crippen MR) is 97.0 cm³/mol. The third kappa shape index (κ3) is 4.18. The minimum Gasteiger partial charge on any atom is -0.481 e. The van der Waals surface area contributed by atoms with E-state index in [4.69, 9.17) is 4.74 Å². The van der Waals surface area contributed by atoms with Gasteiger partial charge in [0.15, 0.2) is 0 Å². The van der Waals surface area contributed by atoms with Crippen LogP contribution in [0.25, 0.3) is 10.8 Å². The first kappa shape index (κ1) is 17.4. The lowest BCUT2D eigenvalue weighted by Crippen LogP contribution is -2.51. The standard InChI is InChI=1S/C18H24N4O3/c1-13(23)12-21-7-9-22(10-8-21)18(24)20-15-3-4-16-14(11-15)5-6-19-17(16)25-2/h3-6,11,13,23H,7-10,12H2,1-2H3,(H,20,24)/t13-/m0/s1. The number of aromatic nitrogens is 1. The fraction of sp³-hybridized carbons (Fsp3) is 0.444. The zero-order chi connectivity index (χ0) is 17.8. The molecule has 0 aliphatic carbocycles. The van der Waals surface area contributed by atoms with Gasteiger partial charge in [-0.05, 0) is 36.6 Å². The molecule has 2 aromatic rings. The van der Waals surface area contributed by atoms with Crippen molar-refractivity contribution in [3.8, 4) is 5.88 Å². The number of β-amino-alcohol motifs (C(OH)–C–C–N with tert-alkyl or cyclic N) is 1. The molecule has 3 rings (SSSR count). The number of hydrogen-bond donors (Lipinski definition) is 2. The van der Waals surface area contributed by atoms with Crippen molar-refractivity contribution in [2.75, 3.05) is 45.2 Å². The summed E-state index contributed by atoms with van der Waals surface area (Å²) in [5.74, 6) is 0.574. The number of aliphatic hydroxyl groups is 1. The van der Waals surface area contributed by atoms with Crippen LogP contribution >= 0.6 is 0 Å². The molecular weight excluding hydrogens is 320 g/mol. The van der Waals surface area contributed by atoms with Gasteiger partial charge in [-0.25, -0.2) is 9.78 Å². The summed E-state index contributed by atoms with van der Waals surface area (Å²) >= 11 is 0. The average Bonchev–Trinajstić information content (AvgIpc) is 2.61. The highest BCUT2D eigenvalue weighted by atomic mass is 16.5. The van der Waals surface area contributed by atoms with E-state index in [0.717, 1.165) is 29.5 Å². The van der Waals surface area contributed by atoms with Crippen LogP contribution in [0.15, 0.2) is 30.5 Å². The molecule has 0 spiro atoms. The van der Waals surface area contributed by atoms with Crippen LogP contribution in [0.3, 0.4) is 0 Å². The maximum atomic E-state index is 12.5. The maximum absolute atomic E-state index is 12.5. The molecule has 1 aromatic heterocycles. The summed E-state index contributed by atoms with van der Waals surface area (Å²) in [7, 11) is 1.59. The van der Waals surface area contributed by atoms with Gasteiger partial charge in [0.2, 0.25) is 5.88 Å². The van der Waals surface area contributed by atoms with E-state index in [9.17, 15) is 9.90 Å². The summed E-state index contributed by atoms with van der Waals surface area (Å²) in [5, 5.41) is 14.3. The highest BCUT2D eigenvalue weighted by Crippen LogP contribution is 2.25. The number of piperazine rings is 1. The van der Waals surface area contributed by atoms with E-state index >= 15 is 0 Å². The van der Waals surface area contributed by atoms with Crippen molar-refractivity contribution < 1.29 is 14.6 Å². The van der Waals surface area contributed by atoms with Crippen LogP contribution in [-0.4, -0.2) is 71.9 Å². The normalized spacial score (nSPS) is 16.7. The number of carbonyl (C=O) groups excluding carboxylic acids is 1. The van der Waals surface area contributed by atoms with Gasteiger partial charge in [-0.15, -0.1) is 0 Å². The van der Waals surface area contributed by atoms with Gasteiger partial charge in [0, 0.05) is 50.0 Å². The summed E-state index contributed by atoms with van der Waals surface area (Å²) in [4.78, 5) is 20.6. The number of pyridine rings is 1. The van der Waals surface area contributed by atoms with Gasteiger partial charge in [-0.1, -0.05) is 0 Å². The molecule has 1 atom stereocenters. The van der Waals surface area contributed by atoms with E-state index in [-0.39, 0.29) is 12.1 Å². The van der Waals surface area contributed by atoms with Crippen LogP contribution in [0, 0.1) is 0 Å². The highest BCUT2D eigenvalue weighted by Gasteiger charge is 2.21. The molecule has 2 amide bonds. The molecule has 0 saturated carbocycles. The van der Waals surface area contributed by atoms with Gasteiger partial charge in [0.1, 0.15) is 0 Å². The van der Waals surface area contributed by atoms with Crippen molar-refractivity contribution in [2.45, 2.75) is 13.0 Å². The molecule has 1 saturated heterocycles. The number of hydrogen-bond acceptors (Lipinski definition) is 5. The predicted octanol–water partition coefficient (Wildman–Crippen LogP) is 1.77. The summed E-state index contributed by atoms with van der Waals surface area (Å²) in [6.07, 6.45) is 1.35. The van der Waals surface area contributed by atoms with Crippen LogP contribution in [0.1, 0.15) is 6.92 Å². The molecule has 1 aliphatic heterocycles. The number of rotatable bonds is 4. The van der Waals surface area contributed by atoms with Crippen molar-refractivity contribution >= 4 is 22.5 Å². The quantitative estimate of drug-likeness (QED) is 0.884.